The highest BCUT2D eigenvalue weighted by molar-refractivity contribution is 7.89. The average Bonchev–Trinajstić information content (AvgIpc) is 2.25. The summed E-state index contributed by atoms with van der Waals surface area (Å²) < 4.78 is 26.1. The SMILES string of the molecule is CN(C1CCCCC1N)S(=O)(=O)CCC(C)(C)C. The summed E-state index contributed by atoms with van der Waals surface area (Å²) in [6.45, 7) is 6.19. The Labute approximate surface area is 112 Å². The van der Waals surface area contributed by atoms with E-state index in [2.05, 4.69) is 20.8 Å². The van der Waals surface area contributed by atoms with Gasteiger partial charge in [-0.25, -0.2) is 12.7 Å². The number of hydrogen-bond donors (Lipinski definition) is 1. The van der Waals surface area contributed by atoms with Gasteiger partial charge in [-0.1, -0.05) is 33.6 Å². The molecule has 0 bridgehead atoms. The molecule has 0 saturated heterocycles. The lowest BCUT2D eigenvalue weighted by molar-refractivity contribution is 0.251. The van der Waals surface area contributed by atoms with E-state index in [0.29, 0.717) is 6.42 Å². The first-order valence-corrected chi connectivity index (χ1v) is 8.46. The summed E-state index contributed by atoms with van der Waals surface area (Å²) in [4.78, 5) is 0. The predicted molar refractivity (Wildman–Crippen MR) is 75.9 cm³/mol. The molecule has 18 heavy (non-hydrogen) atoms. The number of nitrogens with two attached hydrogens (primary N) is 1. The highest BCUT2D eigenvalue weighted by atomic mass is 32.2. The fourth-order valence-electron chi connectivity index (χ4n) is 2.38. The van der Waals surface area contributed by atoms with Crippen LogP contribution in [0.3, 0.4) is 0 Å². The Balaban J connectivity index is 2.66. The molecule has 2 atom stereocenters. The zero-order valence-corrected chi connectivity index (χ0v) is 13.0. The zero-order chi connectivity index (χ0) is 14.0. The normalized spacial score (nSPS) is 26.6. The van der Waals surface area contributed by atoms with Crippen LogP contribution >= 0.6 is 0 Å². The maximum atomic E-state index is 12.3. The van der Waals surface area contributed by atoms with Crippen LogP contribution in [-0.2, 0) is 10.0 Å². The molecule has 0 aromatic heterocycles. The van der Waals surface area contributed by atoms with E-state index in [1.54, 1.807) is 7.05 Å². The van der Waals surface area contributed by atoms with Crippen molar-refractivity contribution in [3.63, 3.8) is 0 Å². The van der Waals surface area contributed by atoms with Gasteiger partial charge in [0.1, 0.15) is 0 Å². The molecular weight excluding hydrogens is 248 g/mol. The van der Waals surface area contributed by atoms with Gasteiger partial charge in [-0.05, 0) is 24.7 Å². The molecule has 1 rings (SSSR count). The van der Waals surface area contributed by atoms with Crippen LogP contribution in [0.2, 0.25) is 0 Å². The lowest BCUT2D eigenvalue weighted by Gasteiger charge is -2.35. The second-order valence-electron chi connectivity index (χ2n) is 6.66. The van der Waals surface area contributed by atoms with Crippen LogP contribution < -0.4 is 5.73 Å². The van der Waals surface area contributed by atoms with Gasteiger partial charge in [-0.3, -0.25) is 0 Å². The van der Waals surface area contributed by atoms with E-state index in [4.69, 9.17) is 5.73 Å². The van der Waals surface area contributed by atoms with Gasteiger partial charge in [0.25, 0.3) is 0 Å². The molecule has 1 aliphatic rings. The van der Waals surface area contributed by atoms with Crippen LogP contribution in [0, 0.1) is 5.41 Å². The average molecular weight is 276 g/mol. The van der Waals surface area contributed by atoms with Gasteiger partial charge in [-0.15, -0.1) is 0 Å². The van der Waals surface area contributed by atoms with E-state index in [-0.39, 0.29) is 23.3 Å². The van der Waals surface area contributed by atoms with Crippen LogP contribution in [-0.4, -0.2) is 37.6 Å². The number of sulfonamides is 1. The van der Waals surface area contributed by atoms with Crippen LogP contribution in [0.15, 0.2) is 0 Å². The molecule has 0 aliphatic heterocycles. The van der Waals surface area contributed by atoms with Gasteiger partial charge in [0.05, 0.1) is 5.75 Å². The molecular formula is C13H28N2O2S. The van der Waals surface area contributed by atoms with E-state index in [1.807, 2.05) is 0 Å². The molecule has 1 aliphatic carbocycles. The summed E-state index contributed by atoms with van der Waals surface area (Å²) >= 11 is 0. The molecule has 2 N–H and O–H groups in total. The summed E-state index contributed by atoms with van der Waals surface area (Å²) in [6, 6.07) is -0.0168. The fourth-order valence-corrected chi connectivity index (χ4v) is 4.21. The molecule has 0 aromatic carbocycles. The minimum Gasteiger partial charge on any atom is -0.326 e. The Morgan fingerprint density at radius 1 is 1.22 bits per heavy atom. The van der Waals surface area contributed by atoms with E-state index in [0.717, 1.165) is 25.7 Å². The number of likely N-dealkylation sites (N-methyl/N-ethyl adjacent to an activating group) is 1. The maximum Gasteiger partial charge on any atom is 0.214 e. The van der Waals surface area contributed by atoms with Crippen molar-refractivity contribution in [1.82, 2.24) is 4.31 Å². The lowest BCUT2D eigenvalue weighted by Crippen LogP contribution is -2.50. The summed E-state index contributed by atoms with van der Waals surface area (Å²) in [5.41, 5.74) is 6.10. The molecule has 0 radical (unpaired) electrons. The second kappa shape index (κ2) is 5.88. The van der Waals surface area contributed by atoms with Crippen LogP contribution in [0.4, 0.5) is 0 Å². The molecule has 0 spiro atoms. The van der Waals surface area contributed by atoms with Gasteiger partial charge < -0.3 is 5.73 Å². The zero-order valence-electron chi connectivity index (χ0n) is 12.1. The van der Waals surface area contributed by atoms with E-state index in [1.165, 1.54) is 4.31 Å². The van der Waals surface area contributed by atoms with Gasteiger partial charge in [0, 0.05) is 19.1 Å². The Morgan fingerprint density at radius 2 is 1.78 bits per heavy atom. The Hall–Kier alpha value is -0.130. The Bertz CT molecular complexity index is 360. The topological polar surface area (TPSA) is 63.4 Å². The third-order valence-corrected chi connectivity index (χ3v) is 5.67. The summed E-state index contributed by atoms with van der Waals surface area (Å²) in [6.07, 6.45) is 4.71. The van der Waals surface area contributed by atoms with Crippen LogP contribution in [0.1, 0.15) is 52.9 Å². The van der Waals surface area contributed by atoms with Gasteiger partial charge in [-0.2, -0.15) is 0 Å². The molecule has 108 valence electrons. The molecule has 1 saturated carbocycles. The van der Waals surface area contributed by atoms with Crippen molar-refractivity contribution in [1.29, 1.82) is 0 Å². The summed E-state index contributed by atoms with van der Waals surface area (Å²) in [5.74, 6) is 0.218. The van der Waals surface area contributed by atoms with Crippen molar-refractivity contribution in [3.8, 4) is 0 Å². The molecule has 0 heterocycles. The standard InChI is InChI=1S/C13H28N2O2S/c1-13(2,3)9-10-18(16,17)15(4)12-8-6-5-7-11(12)14/h11-12H,5-10,14H2,1-4H3. The second-order valence-corrected chi connectivity index (χ2v) is 8.81. The molecule has 5 heteroatoms. The Kier molecular flexibility index (Phi) is 5.21. The summed E-state index contributed by atoms with van der Waals surface area (Å²) in [5, 5.41) is 0. The Morgan fingerprint density at radius 3 is 2.28 bits per heavy atom. The number of hydrogen-bond acceptors (Lipinski definition) is 3. The van der Waals surface area contributed by atoms with Crippen LogP contribution in [0.25, 0.3) is 0 Å². The molecule has 2 unspecified atom stereocenters. The van der Waals surface area contributed by atoms with E-state index in [9.17, 15) is 8.42 Å². The summed E-state index contributed by atoms with van der Waals surface area (Å²) in [7, 11) is -1.48. The monoisotopic (exact) mass is 276 g/mol. The highest BCUT2D eigenvalue weighted by Gasteiger charge is 2.32. The number of rotatable bonds is 4. The first-order valence-electron chi connectivity index (χ1n) is 6.85. The third kappa shape index (κ3) is 4.52. The minimum absolute atomic E-state index is 0.00633. The lowest BCUT2D eigenvalue weighted by atomic mass is 9.91. The van der Waals surface area contributed by atoms with Crippen molar-refractivity contribution in [2.75, 3.05) is 12.8 Å². The molecule has 1 fully saturated rings. The van der Waals surface area contributed by atoms with Crippen molar-refractivity contribution in [2.45, 2.75) is 65.0 Å². The van der Waals surface area contributed by atoms with Crippen molar-refractivity contribution in [3.05, 3.63) is 0 Å². The number of nitrogens with zero attached hydrogens (tertiary/aromatic N) is 1. The first kappa shape index (κ1) is 15.9. The minimum atomic E-state index is -3.17. The highest BCUT2D eigenvalue weighted by Crippen LogP contribution is 2.25. The van der Waals surface area contributed by atoms with E-state index < -0.39 is 10.0 Å². The first-order chi connectivity index (χ1) is 8.13. The van der Waals surface area contributed by atoms with Gasteiger partial charge >= 0.3 is 0 Å². The van der Waals surface area contributed by atoms with Crippen molar-refractivity contribution < 1.29 is 8.42 Å². The predicted octanol–water partition coefficient (Wildman–Crippen LogP) is 1.95. The smallest absolute Gasteiger partial charge is 0.214 e. The molecule has 4 nitrogen and oxygen atoms in total. The fraction of sp³-hybridized carbons (Fsp3) is 1.00. The van der Waals surface area contributed by atoms with Crippen LogP contribution in [0.5, 0.6) is 0 Å². The largest absolute Gasteiger partial charge is 0.326 e. The third-order valence-electron chi connectivity index (χ3n) is 3.80. The molecule has 0 aromatic rings. The van der Waals surface area contributed by atoms with Crippen molar-refractivity contribution in [2.24, 2.45) is 11.1 Å². The van der Waals surface area contributed by atoms with E-state index >= 15 is 0 Å². The molecule has 0 amide bonds. The van der Waals surface area contributed by atoms with Gasteiger partial charge in [0.2, 0.25) is 10.0 Å². The maximum absolute atomic E-state index is 12.3. The quantitative estimate of drug-likeness (QED) is 0.853. The van der Waals surface area contributed by atoms with Gasteiger partial charge in [0.15, 0.2) is 0 Å². The van der Waals surface area contributed by atoms with Crippen molar-refractivity contribution >= 4 is 10.0 Å².